The molecule has 10 aromatic rings. The normalized spacial score (nSPS) is 11.7. The summed E-state index contributed by atoms with van der Waals surface area (Å²) in [5, 5.41) is 13.6. The molecule has 0 atom stereocenters. The van der Waals surface area contributed by atoms with Crippen LogP contribution in [0.2, 0.25) is 0 Å². The summed E-state index contributed by atoms with van der Waals surface area (Å²) in [6.45, 7) is 12.6. The number of alkyl halides is 3. The quantitative estimate of drug-likeness (QED) is 0.160. The Morgan fingerprint density at radius 2 is 0.967 bits per heavy atom. The lowest BCUT2D eigenvalue weighted by atomic mass is 9.94. The highest BCUT2D eigenvalue weighted by molar-refractivity contribution is 6.13. The fourth-order valence-corrected chi connectivity index (χ4v) is 8.63. The summed E-state index contributed by atoms with van der Waals surface area (Å²) in [7, 11) is 0. The molecule has 0 fully saturated rings. The molecule has 0 aliphatic carbocycles. The smallest absolute Gasteiger partial charge is 0.308 e. The van der Waals surface area contributed by atoms with E-state index in [1.165, 1.54) is 12.1 Å². The van der Waals surface area contributed by atoms with Crippen LogP contribution in [0.15, 0.2) is 164 Å². The predicted molar refractivity (Wildman–Crippen MR) is 237 cm³/mol. The number of hydrogen-bond donors (Lipinski definition) is 0. The van der Waals surface area contributed by atoms with Crippen molar-refractivity contribution < 1.29 is 13.2 Å². The van der Waals surface area contributed by atoms with E-state index in [2.05, 4.69) is 118 Å². The highest BCUT2D eigenvalue weighted by Gasteiger charge is 2.35. The standard InChI is InChI=1S/C53H33F3N4/c1-32-12-17-35(18-13-32)37-21-24-42-40-8-4-6-10-47(40)59(49(42)27-37)51-29-44(39-23-16-34(31-57)26-45(39)53(54,55)56)46(58-3)30-52(51)60-48-11-7-5-9-41(48)43-25-22-38(28-50(43)60)36-19-14-33(2)15-20-36/h4-30H,1-2H3. The van der Waals surface area contributed by atoms with E-state index < -0.39 is 11.7 Å². The van der Waals surface area contributed by atoms with Gasteiger partial charge in [0.15, 0.2) is 5.69 Å². The summed E-state index contributed by atoms with van der Waals surface area (Å²) in [4.78, 5) is 3.92. The van der Waals surface area contributed by atoms with Gasteiger partial charge in [-0.05, 0) is 95.8 Å². The molecule has 4 nitrogen and oxygen atoms in total. The van der Waals surface area contributed by atoms with Crippen LogP contribution in [-0.4, -0.2) is 9.13 Å². The Labute approximate surface area is 344 Å². The van der Waals surface area contributed by atoms with Gasteiger partial charge in [-0.2, -0.15) is 18.4 Å². The minimum absolute atomic E-state index is 0.0469. The lowest BCUT2D eigenvalue weighted by Crippen LogP contribution is -2.09. The summed E-state index contributed by atoms with van der Waals surface area (Å²) in [6, 6.07) is 54.4. The van der Waals surface area contributed by atoms with E-state index in [0.29, 0.717) is 11.4 Å². The van der Waals surface area contributed by atoms with Gasteiger partial charge in [0.1, 0.15) is 0 Å². The number of halogens is 3. The lowest BCUT2D eigenvalue weighted by molar-refractivity contribution is -0.137. The number of nitriles is 1. The van der Waals surface area contributed by atoms with E-state index in [9.17, 15) is 18.4 Å². The van der Waals surface area contributed by atoms with Crippen molar-refractivity contribution in [3.63, 3.8) is 0 Å². The number of hydrogen-bond acceptors (Lipinski definition) is 1. The molecule has 0 spiro atoms. The SMILES string of the molecule is [C-]#[N+]c1cc(-n2c3ccccc3c3ccc(-c4ccc(C)cc4)cc32)c(-n2c3ccccc3c3ccc(-c4ccc(C)cc4)cc32)cc1-c1ccc(C#N)cc1C(F)(F)F. The van der Waals surface area contributed by atoms with Crippen LogP contribution in [0.1, 0.15) is 22.3 Å². The van der Waals surface area contributed by atoms with E-state index in [4.69, 9.17) is 6.57 Å². The van der Waals surface area contributed by atoms with Gasteiger partial charge in [-0.1, -0.05) is 126 Å². The molecule has 10 rings (SSSR count). The van der Waals surface area contributed by atoms with Crippen molar-refractivity contribution in [1.82, 2.24) is 9.13 Å². The molecule has 60 heavy (non-hydrogen) atoms. The zero-order valence-corrected chi connectivity index (χ0v) is 32.5. The van der Waals surface area contributed by atoms with Crippen LogP contribution in [0.4, 0.5) is 18.9 Å². The van der Waals surface area contributed by atoms with Gasteiger partial charge in [0, 0.05) is 21.5 Å². The Balaban J connectivity index is 1.37. The second kappa shape index (κ2) is 13.9. The van der Waals surface area contributed by atoms with Crippen LogP contribution in [0.5, 0.6) is 0 Å². The van der Waals surface area contributed by atoms with Gasteiger partial charge in [0.25, 0.3) is 0 Å². The molecule has 2 heterocycles. The van der Waals surface area contributed by atoms with Crippen LogP contribution in [-0.2, 0) is 6.18 Å². The van der Waals surface area contributed by atoms with Crippen molar-refractivity contribution in [1.29, 1.82) is 5.26 Å². The molecule has 7 heteroatoms. The Hall–Kier alpha value is -7.87. The molecule has 0 radical (unpaired) electrons. The third-order valence-electron chi connectivity index (χ3n) is 11.6. The number of aryl methyl sites for hydroxylation is 2. The van der Waals surface area contributed by atoms with Crippen molar-refractivity contribution in [3.8, 4) is 50.8 Å². The van der Waals surface area contributed by atoms with Gasteiger partial charge in [-0.3, -0.25) is 0 Å². The highest BCUT2D eigenvalue weighted by atomic mass is 19.4. The fourth-order valence-electron chi connectivity index (χ4n) is 8.63. The number of benzene rings is 8. The van der Waals surface area contributed by atoms with Crippen molar-refractivity contribution in [3.05, 3.63) is 197 Å². The first kappa shape index (κ1) is 36.5. The molecule has 0 N–H and O–H groups in total. The van der Waals surface area contributed by atoms with Crippen molar-refractivity contribution in [2.75, 3.05) is 0 Å². The van der Waals surface area contributed by atoms with Gasteiger partial charge in [-0.15, -0.1) is 0 Å². The van der Waals surface area contributed by atoms with E-state index in [-0.39, 0.29) is 22.4 Å². The summed E-state index contributed by atoms with van der Waals surface area (Å²) in [6.07, 6.45) is -4.80. The largest absolute Gasteiger partial charge is 0.417 e. The minimum atomic E-state index is -4.80. The fraction of sp³-hybridized carbons (Fsp3) is 0.0566. The first-order chi connectivity index (χ1) is 29.1. The van der Waals surface area contributed by atoms with Gasteiger partial charge < -0.3 is 9.13 Å². The van der Waals surface area contributed by atoms with E-state index in [1.54, 1.807) is 12.1 Å². The third-order valence-corrected chi connectivity index (χ3v) is 11.6. The molecular weight excluding hydrogens is 750 g/mol. The van der Waals surface area contributed by atoms with Gasteiger partial charge >= 0.3 is 6.18 Å². The van der Waals surface area contributed by atoms with Crippen LogP contribution in [0, 0.1) is 31.8 Å². The molecule has 0 unspecified atom stereocenters. The van der Waals surface area contributed by atoms with Gasteiger partial charge in [0.2, 0.25) is 0 Å². The maximum Gasteiger partial charge on any atom is 0.417 e. The Morgan fingerprint density at radius 1 is 0.500 bits per heavy atom. The predicted octanol–water partition coefficient (Wildman–Crippen LogP) is 14.9. The topological polar surface area (TPSA) is 38.0 Å². The highest BCUT2D eigenvalue weighted by Crippen LogP contribution is 2.47. The first-order valence-electron chi connectivity index (χ1n) is 19.5. The Morgan fingerprint density at radius 3 is 1.45 bits per heavy atom. The minimum Gasteiger partial charge on any atom is -0.308 e. The van der Waals surface area contributed by atoms with Crippen molar-refractivity contribution in [2.24, 2.45) is 0 Å². The van der Waals surface area contributed by atoms with Crippen LogP contribution in [0.25, 0.3) is 93.2 Å². The zero-order valence-electron chi connectivity index (χ0n) is 32.5. The average Bonchev–Trinajstić information content (AvgIpc) is 3.78. The molecule has 0 bridgehead atoms. The number of rotatable bonds is 5. The van der Waals surface area contributed by atoms with Gasteiger partial charge in [-0.25, -0.2) is 4.85 Å². The van der Waals surface area contributed by atoms with Gasteiger partial charge in [0.05, 0.1) is 57.2 Å². The molecule has 286 valence electrons. The number of fused-ring (bicyclic) bond motifs is 6. The van der Waals surface area contributed by atoms with Crippen LogP contribution >= 0.6 is 0 Å². The average molecular weight is 783 g/mol. The second-order valence-corrected chi connectivity index (χ2v) is 15.2. The maximum atomic E-state index is 15.0. The molecule has 8 aromatic carbocycles. The number of aromatic nitrogens is 2. The summed E-state index contributed by atoms with van der Waals surface area (Å²) < 4.78 is 49.2. The van der Waals surface area contributed by atoms with Crippen molar-refractivity contribution in [2.45, 2.75) is 20.0 Å². The van der Waals surface area contributed by atoms with E-state index in [0.717, 1.165) is 83.1 Å². The zero-order chi connectivity index (χ0) is 41.3. The van der Waals surface area contributed by atoms with Crippen LogP contribution < -0.4 is 0 Å². The molecule has 0 saturated heterocycles. The number of para-hydroxylation sites is 2. The molecule has 2 aromatic heterocycles. The molecule has 0 saturated carbocycles. The number of nitrogens with zero attached hydrogens (tertiary/aromatic N) is 4. The monoisotopic (exact) mass is 782 g/mol. The summed E-state index contributed by atoms with van der Waals surface area (Å²) in [5.41, 5.74) is 9.94. The summed E-state index contributed by atoms with van der Waals surface area (Å²) >= 11 is 0. The van der Waals surface area contributed by atoms with E-state index >= 15 is 0 Å². The Kier molecular flexibility index (Phi) is 8.45. The third kappa shape index (κ3) is 5.91. The molecule has 0 aliphatic rings. The molecule has 0 aliphatic heterocycles. The van der Waals surface area contributed by atoms with Crippen LogP contribution in [0.3, 0.4) is 0 Å². The van der Waals surface area contributed by atoms with E-state index in [1.807, 2.05) is 49.4 Å². The summed E-state index contributed by atoms with van der Waals surface area (Å²) in [5.74, 6) is 0. The van der Waals surface area contributed by atoms with Crippen molar-refractivity contribution >= 4 is 49.3 Å². The molecular formula is C53H33F3N4. The lowest BCUT2D eigenvalue weighted by Gasteiger charge is -2.21. The maximum absolute atomic E-state index is 15.0. The molecule has 0 amide bonds. The first-order valence-corrected chi connectivity index (χ1v) is 19.5. The Bertz CT molecular complexity index is 3450. The second-order valence-electron chi connectivity index (χ2n) is 15.2.